The summed E-state index contributed by atoms with van der Waals surface area (Å²) in [6.45, 7) is 0. The molecule has 0 aliphatic heterocycles. The molecule has 0 amide bonds. The van der Waals surface area contributed by atoms with Gasteiger partial charge in [0.1, 0.15) is 11.5 Å². The zero-order valence-corrected chi connectivity index (χ0v) is 12.7. The van der Waals surface area contributed by atoms with Crippen molar-refractivity contribution in [3.05, 3.63) is 59.2 Å². The SMILES string of the molecule is COC(=O)c1ccc(OC)cc1C#Cc1ccc(OC)cc1. The molecule has 0 aliphatic rings. The lowest BCUT2D eigenvalue weighted by Gasteiger charge is -2.05. The maximum atomic E-state index is 11.8. The fourth-order valence-electron chi connectivity index (χ4n) is 1.86. The van der Waals surface area contributed by atoms with Gasteiger partial charge < -0.3 is 14.2 Å². The molecule has 0 atom stereocenters. The lowest BCUT2D eigenvalue weighted by atomic mass is 10.1. The van der Waals surface area contributed by atoms with Crippen LogP contribution in [0, 0.1) is 11.8 Å². The molecule has 0 aliphatic carbocycles. The molecule has 4 heteroatoms. The van der Waals surface area contributed by atoms with Crippen LogP contribution in [0.15, 0.2) is 42.5 Å². The van der Waals surface area contributed by atoms with Crippen LogP contribution in [0.25, 0.3) is 0 Å². The first-order valence-corrected chi connectivity index (χ1v) is 6.60. The number of benzene rings is 2. The summed E-state index contributed by atoms with van der Waals surface area (Å²) in [5, 5.41) is 0. The van der Waals surface area contributed by atoms with Crippen molar-refractivity contribution in [2.75, 3.05) is 21.3 Å². The van der Waals surface area contributed by atoms with Crippen LogP contribution >= 0.6 is 0 Å². The van der Waals surface area contributed by atoms with Crippen molar-refractivity contribution in [3.8, 4) is 23.3 Å². The highest BCUT2D eigenvalue weighted by Crippen LogP contribution is 2.18. The molecule has 2 aromatic rings. The second-order valence-corrected chi connectivity index (χ2v) is 4.38. The summed E-state index contributed by atoms with van der Waals surface area (Å²) in [4.78, 5) is 11.8. The van der Waals surface area contributed by atoms with E-state index in [0.29, 0.717) is 16.9 Å². The number of methoxy groups -OCH3 is 3. The molecule has 0 radical (unpaired) electrons. The van der Waals surface area contributed by atoms with Gasteiger partial charge in [0.15, 0.2) is 0 Å². The Kier molecular flexibility index (Phi) is 5.05. The van der Waals surface area contributed by atoms with E-state index in [1.807, 2.05) is 24.3 Å². The van der Waals surface area contributed by atoms with Crippen LogP contribution in [0.5, 0.6) is 11.5 Å². The zero-order valence-electron chi connectivity index (χ0n) is 12.7. The molecule has 0 fully saturated rings. The molecule has 4 nitrogen and oxygen atoms in total. The second-order valence-electron chi connectivity index (χ2n) is 4.38. The van der Waals surface area contributed by atoms with Gasteiger partial charge in [-0.3, -0.25) is 0 Å². The fraction of sp³-hybridized carbons (Fsp3) is 0.167. The number of hydrogen-bond acceptors (Lipinski definition) is 4. The third-order valence-corrected chi connectivity index (χ3v) is 3.06. The first kappa shape index (κ1) is 15.5. The third kappa shape index (κ3) is 3.58. The summed E-state index contributed by atoms with van der Waals surface area (Å²) in [7, 11) is 4.51. The smallest absolute Gasteiger partial charge is 0.339 e. The summed E-state index contributed by atoms with van der Waals surface area (Å²) in [5.41, 5.74) is 1.78. The van der Waals surface area contributed by atoms with Gasteiger partial charge in [0, 0.05) is 11.1 Å². The highest BCUT2D eigenvalue weighted by molar-refractivity contribution is 5.92. The average molecular weight is 296 g/mol. The zero-order chi connectivity index (χ0) is 15.9. The largest absolute Gasteiger partial charge is 0.497 e. The molecular formula is C18H16O4. The van der Waals surface area contributed by atoms with Crippen LogP contribution in [-0.2, 0) is 4.74 Å². The van der Waals surface area contributed by atoms with Gasteiger partial charge in [-0.2, -0.15) is 0 Å². The number of esters is 1. The predicted octanol–water partition coefficient (Wildman–Crippen LogP) is 2.89. The molecule has 2 aromatic carbocycles. The first-order valence-electron chi connectivity index (χ1n) is 6.60. The van der Waals surface area contributed by atoms with Crippen molar-refractivity contribution >= 4 is 5.97 Å². The molecular weight excluding hydrogens is 280 g/mol. The molecule has 22 heavy (non-hydrogen) atoms. The Bertz CT molecular complexity index is 721. The van der Waals surface area contributed by atoms with Gasteiger partial charge in [0.25, 0.3) is 0 Å². The fourth-order valence-corrected chi connectivity index (χ4v) is 1.86. The summed E-state index contributed by atoms with van der Waals surface area (Å²) in [6.07, 6.45) is 0. The van der Waals surface area contributed by atoms with E-state index < -0.39 is 5.97 Å². The van der Waals surface area contributed by atoms with Crippen LogP contribution in [0.1, 0.15) is 21.5 Å². The van der Waals surface area contributed by atoms with E-state index in [4.69, 9.17) is 14.2 Å². The van der Waals surface area contributed by atoms with Gasteiger partial charge in [0.05, 0.1) is 26.9 Å². The monoisotopic (exact) mass is 296 g/mol. The Morgan fingerprint density at radius 1 is 0.864 bits per heavy atom. The van der Waals surface area contributed by atoms with Crippen molar-refractivity contribution < 1.29 is 19.0 Å². The number of ether oxygens (including phenoxy) is 3. The molecule has 0 spiro atoms. The summed E-state index contributed by atoms with van der Waals surface area (Å²) in [5.74, 6) is 6.97. The van der Waals surface area contributed by atoms with Crippen LogP contribution in [-0.4, -0.2) is 27.3 Å². The van der Waals surface area contributed by atoms with Crippen molar-refractivity contribution in [3.63, 3.8) is 0 Å². The first-order chi connectivity index (χ1) is 10.7. The maximum absolute atomic E-state index is 11.8. The van der Waals surface area contributed by atoms with Gasteiger partial charge in [-0.05, 0) is 42.5 Å². The Hall–Kier alpha value is -2.93. The number of rotatable bonds is 3. The number of hydrogen-bond donors (Lipinski definition) is 0. The molecule has 0 aromatic heterocycles. The van der Waals surface area contributed by atoms with Crippen LogP contribution in [0.2, 0.25) is 0 Å². The minimum Gasteiger partial charge on any atom is -0.497 e. The molecule has 2 rings (SSSR count). The lowest BCUT2D eigenvalue weighted by molar-refractivity contribution is 0.0600. The Morgan fingerprint density at radius 2 is 1.50 bits per heavy atom. The summed E-state index contributed by atoms with van der Waals surface area (Å²) in [6, 6.07) is 12.4. The summed E-state index contributed by atoms with van der Waals surface area (Å²) < 4.78 is 15.0. The molecule has 112 valence electrons. The normalized spacial score (nSPS) is 9.41. The molecule has 0 unspecified atom stereocenters. The van der Waals surface area contributed by atoms with Crippen molar-refractivity contribution in [2.45, 2.75) is 0 Å². The second kappa shape index (κ2) is 7.19. The van der Waals surface area contributed by atoms with Gasteiger partial charge in [-0.1, -0.05) is 11.8 Å². The van der Waals surface area contributed by atoms with Gasteiger partial charge >= 0.3 is 5.97 Å². The number of carbonyl (C=O) groups is 1. The molecule has 0 N–H and O–H groups in total. The van der Waals surface area contributed by atoms with Crippen LogP contribution in [0.4, 0.5) is 0 Å². The van der Waals surface area contributed by atoms with E-state index in [-0.39, 0.29) is 0 Å². The Balaban J connectivity index is 2.38. The van der Waals surface area contributed by atoms with Crippen LogP contribution in [0.3, 0.4) is 0 Å². The third-order valence-electron chi connectivity index (χ3n) is 3.06. The standard InChI is InChI=1S/C18H16O4/c1-20-15-8-5-13(6-9-15)4-7-14-12-16(21-2)10-11-17(14)18(19)22-3/h5-6,8-12H,1-3H3. The summed E-state index contributed by atoms with van der Waals surface area (Å²) >= 11 is 0. The Labute approximate surface area is 129 Å². The maximum Gasteiger partial charge on any atom is 0.339 e. The van der Waals surface area contributed by atoms with Gasteiger partial charge in [-0.25, -0.2) is 4.79 Å². The van der Waals surface area contributed by atoms with E-state index in [1.54, 1.807) is 32.4 Å². The van der Waals surface area contributed by atoms with E-state index in [2.05, 4.69) is 11.8 Å². The lowest BCUT2D eigenvalue weighted by Crippen LogP contribution is -2.04. The van der Waals surface area contributed by atoms with Crippen molar-refractivity contribution in [1.29, 1.82) is 0 Å². The minimum absolute atomic E-state index is 0.407. The minimum atomic E-state index is -0.429. The van der Waals surface area contributed by atoms with Gasteiger partial charge in [-0.15, -0.1) is 0 Å². The quantitative estimate of drug-likeness (QED) is 0.645. The highest BCUT2D eigenvalue weighted by Gasteiger charge is 2.11. The molecule has 0 saturated heterocycles. The average Bonchev–Trinajstić information content (AvgIpc) is 2.59. The number of carbonyl (C=O) groups excluding carboxylic acids is 1. The van der Waals surface area contributed by atoms with E-state index in [1.165, 1.54) is 7.11 Å². The van der Waals surface area contributed by atoms with Gasteiger partial charge in [0.2, 0.25) is 0 Å². The topological polar surface area (TPSA) is 44.8 Å². The van der Waals surface area contributed by atoms with E-state index in [0.717, 1.165) is 11.3 Å². The van der Waals surface area contributed by atoms with Crippen LogP contribution < -0.4 is 9.47 Å². The highest BCUT2D eigenvalue weighted by atomic mass is 16.5. The predicted molar refractivity (Wildman–Crippen MR) is 83.3 cm³/mol. The van der Waals surface area contributed by atoms with E-state index in [9.17, 15) is 4.79 Å². The van der Waals surface area contributed by atoms with Crippen molar-refractivity contribution in [1.82, 2.24) is 0 Å². The molecule has 0 saturated carbocycles. The molecule has 0 bridgehead atoms. The van der Waals surface area contributed by atoms with Crippen molar-refractivity contribution in [2.24, 2.45) is 0 Å². The molecule has 0 heterocycles. The Morgan fingerprint density at radius 3 is 2.09 bits per heavy atom. The van der Waals surface area contributed by atoms with E-state index >= 15 is 0 Å².